The van der Waals surface area contributed by atoms with Crippen molar-refractivity contribution in [1.82, 2.24) is 14.7 Å². The fourth-order valence-corrected chi connectivity index (χ4v) is 2.51. The molecule has 3 rings (SSSR count). The van der Waals surface area contributed by atoms with E-state index in [1.54, 1.807) is 15.8 Å². The summed E-state index contributed by atoms with van der Waals surface area (Å²) in [6, 6.07) is 7.48. The van der Waals surface area contributed by atoms with E-state index in [1.807, 2.05) is 37.4 Å². The highest BCUT2D eigenvalue weighted by molar-refractivity contribution is 5.90. The second kappa shape index (κ2) is 7.16. The molecule has 0 spiro atoms. The molecule has 1 saturated heterocycles. The lowest BCUT2D eigenvalue weighted by Crippen LogP contribution is -2.23. The Kier molecular flexibility index (Phi) is 4.79. The standard InChI is InChI=1S/C17H20N4O3/c1-13-10-18-21(11-13)7-6-16(22)19-15-4-2-14(3-5-15)12-20-8-9-24-17(20)23/h2-5,10-11H,6-9,12H2,1H3,(H,19,22). The molecule has 0 unspecified atom stereocenters. The molecule has 1 aliphatic heterocycles. The summed E-state index contributed by atoms with van der Waals surface area (Å²) >= 11 is 0. The van der Waals surface area contributed by atoms with Crippen molar-refractivity contribution in [2.24, 2.45) is 0 Å². The number of ether oxygens (including phenoxy) is 1. The van der Waals surface area contributed by atoms with Crippen LogP contribution in [0.15, 0.2) is 36.7 Å². The summed E-state index contributed by atoms with van der Waals surface area (Å²) in [7, 11) is 0. The van der Waals surface area contributed by atoms with Crippen LogP contribution in [0.2, 0.25) is 0 Å². The van der Waals surface area contributed by atoms with Gasteiger partial charge in [0.2, 0.25) is 5.91 Å². The Bertz CT molecular complexity index is 724. The molecule has 2 aromatic rings. The number of amides is 2. The van der Waals surface area contributed by atoms with E-state index in [0.717, 1.165) is 16.8 Å². The largest absolute Gasteiger partial charge is 0.448 e. The minimum absolute atomic E-state index is 0.0565. The highest BCUT2D eigenvalue weighted by atomic mass is 16.6. The van der Waals surface area contributed by atoms with Crippen LogP contribution in [-0.4, -0.2) is 39.8 Å². The number of aryl methyl sites for hydroxylation is 2. The summed E-state index contributed by atoms with van der Waals surface area (Å²) in [5.41, 5.74) is 2.82. The molecule has 0 aliphatic carbocycles. The minimum Gasteiger partial charge on any atom is -0.448 e. The summed E-state index contributed by atoms with van der Waals surface area (Å²) in [4.78, 5) is 25.1. The molecule has 1 N–H and O–H groups in total. The Balaban J connectivity index is 1.48. The SMILES string of the molecule is Cc1cnn(CCC(=O)Nc2ccc(CN3CCOC3=O)cc2)c1. The van der Waals surface area contributed by atoms with Gasteiger partial charge in [-0.15, -0.1) is 0 Å². The topological polar surface area (TPSA) is 76.5 Å². The number of rotatable bonds is 6. The van der Waals surface area contributed by atoms with Gasteiger partial charge in [-0.1, -0.05) is 12.1 Å². The molecule has 0 atom stereocenters. The molecule has 2 heterocycles. The number of carbonyl (C=O) groups excluding carboxylic acids is 2. The Morgan fingerprint density at radius 2 is 2.12 bits per heavy atom. The monoisotopic (exact) mass is 328 g/mol. The van der Waals surface area contributed by atoms with Gasteiger partial charge < -0.3 is 15.0 Å². The maximum absolute atomic E-state index is 12.0. The number of hydrogen-bond acceptors (Lipinski definition) is 4. The van der Waals surface area contributed by atoms with Crippen molar-refractivity contribution in [3.63, 3.8) is 0 Å². The third-order valence-electron chi connectivity index (χ3n) is 3.79. The fraction of sp³-hybridized carbons (Fsp3) is 0.353. The van der Waals surface area contributed by atoms with Gasteiger partial charge in [-0.25, -0.2) is 4.79 Å². The van der Waals surface area contributed by atoms with Crippen LogP contribution in [0.5, 0.6) is 0 Å². The molecule has 0 bridgehead atoms. The third-order valence-corrected chi connectivity index (χ3v) is 3.79. The van der Waals surface area contributed by atoms with Gasteiger partial charge >= 0.3 is 6.09 Å². The van der Waals surface area contributed by atoms with Crippen LogP contribution < -0.4 is 5.32 Å². The minimum atomic E-state index is -0.277. The van der Waals surface area contributed by atoms with Crippen LogP contribution in [0.25, 0.3) is 0 Å². The average molecular weight is 328 g/mol. The van der Waals surface area contributed by atoms with Crippen molar-refractivity contribution >= 4 is 17.7 Å². The van der Waals surface area contributed by atoms with E-state index in [2.05, 4.69) is 10.4 Å². The molecule has 1 fully saturated rings. The first kappa shape index (κ1) is 16.0. The Morgan fingerprint density at radius 3 is 2.75 bits per heavy atom. The number of hydrogen-bond donors (Lipinski definition) is 1. The van der Waals surface area contributed by atoms with Crippen molar-refractivity contribution in [3.8, 4) is 0 Å². The second-order valence-electron chi connectivity index (χ2n) is 5.81. The van der Waals surface area contributed by atoms with Gasteiger partial charge in [0.05, 0.1) is 12.7 Å². The third kappa shape index (κ3) is 4.13. The van der Waals surface area contributed by atoms with Crippen molar-refractivity contribution in [2.75, 3.05) is 18.5 Å². The smallest absolute Gasteiger partial charge is 0.410 e. The number of cyclic esters (lactones) is 1. The van der Waals surface area contributed by atoms with Crippen molar-refractivity contribution in [1.29, 1.82) is 0 Å². The summed E-state index contributed by atoms with van der Waals surface area (Å²) in [5.74, 6) is -0.0565. The number of aromatic nitrogens is 2. The molecular formula is C17H20N4O3. The predicted octanol–water partition coefficient (Wildman–Crippen LogP) is 2.17. The molecule has 7 nitrogen and oxygen atoms in total. The van der Waals surface area contributed by atoms with Crippen LogP contribution in [0.3, 0.4) is 0 Å². The molecule has 1 aromatic carbocycles. The maximum Gasteiger partial charge on any atom is 0.410 e. The predicted molar refractivity (Wildman–Crippen MR) is 88.4 cm³/mol. The Hall–Kier alpha value is -2.83. The van der Waals surface area contributed by atoms with E-state index in [4.69, 9.17) is 4.74 Å². The molecule has 24 heavy (non-hydrogen) atoms. The molecule has 126 valence electrons. The highest BCUT2D eigenvalue weighted by Gasteiger charge is 2.21. The summed E-state index contributed by atoms with van der Waals surface area (Å²) in [5, 5.41) is 7.02. The molecule has 1 aliphatic rings. The normalized spacial score (nSPS) is 13.9. The Morgan fingerprint density at radius 1 is 1.33 bits per heavy atom. The molecular weight excluding hydrogens is 308 g/mol. The number of benzene rings is 1. The van der Waals surface area contributed by atoms with Crippen LogP contribution in [0.4, 0.5) is 10.5 Å². The van der Waals surface area contributed by atoms with E-state index in [9.17, 15) is 9.59 Å². The molecule has 1 aromatic heterocycles. The van der Waals surface area contributed by atoms with Crippen molar-refractivity contribution in [3.05, 3.63) is 47.8 Å². The van der Waals surface area contributed by atoms with Gasteiger partial charge in [0.15, 0.2) is 0 Å². The zero-order valence-corrected chi connectivity index (χ0v) is 13.6. The van der Waals surface area contributed by atoms with E-state index >= 15 is 0 Å². The van der Waals surface area contributed by atoms with E-state index in [-0.39, 0.29) is 12.0 Å². The lowest BCUT2D eigenvalue weighted by Gasteiger charge is -2.13. The first-order valence-corrected chi connectivity index (χ1v) is 7.90. The number of carbonyl (C=O) groups is 2. The molecule has 0 saturated carbocycles. The van der Waals surface area contributed by atoms with E-state index < -0.39 is 0 Å². The van der Waals surface area contributed by atoms with Gasteiger partial charge in [0.1, 0.15) is 6.61 Å². The van der Waals surface area contributed by atoms with Gasteiger partial charge in [0.25, 0.3) is 0 Å². The van der Waals surface area contributed by atoms with E-state index in [1.165, 1.54) is 0 Å². The fourth-order valence-electron chi connectivity index (χ4n) is 2.51. The highest BCUT2D eigenvalue weighted by Crippen LogP contribution is 2.14. The number of anilines is 1. The molecule has 7 heteroatoms. The summed E-state index contributed by atoms with van der Waals surface area (Å²) in [6.07, 6.45) is 3.77. The van der Waals surface area contributed by atoms with Gasteiger partial charge in [-0.2, -0.15) is 5.10 Å². The lowest BCUT2D eigenvalue weighted by atomic mass is 10.2. The van der Waals surface area contributed by atoms with Gasteiger partial charge in [-0.05, 0) is 30.2 Å². The van der Waals surface area contributed by atoms with Crippen LogP contribution in [0, 0.1) is 6.92 Å². The van der Waals surface area contributed by atoms with E-state index in [0.29, 0.717) is 32.7 Å². The molecule has 2 amide bonds. The average Bonchev–Trinajstić information content (AvgIpc) is 3.16. The van der Waals surface area contributed by atoms with Crippen molar-refractivity contribution in [2.45, 2.75) is 26.4 Å². The summed E-state index contributed by atoms with van der Waals surface area (Å²) in [6.45, 7) is 4.10. The first-order valence-electron chi connectivity index (χ1n) is 7.90. The maximum atomic E-state index is 12.0. The van der Waals surface area contributed by atoms with Crippen LogP contribution in [0.1, 0.15) is 17.5 Å². The van der Waals surface area contributed by atoms with Crippen LogP contribution >= 0.6 is 0 Å². The lowest BCUT2D eigenvalue weighted by molar-refractivity contribution is -0.116. The van der Waals surface area contributed by atoms with Crippen LogP contribution in [-0.2, 0) is 22.6 Å². The summed E-state index contributed by atoms with van der Waals surface area (Å²) < 4.78 is 6.66. The molecule has 0 radical (unpaired) electrons. The van der Waals surface area contributed by atoms with Gasteiger partial charge in [-0.3, -0.25) is 9.48 Å². The number of nitrogens with zero attached hydrogens (tertiary/aromatic N) is 3. The zero-order chi connectivity index (χ0) is 16.9. The Labute approximate surface area is 140 Å². The van der Waals surface area contributed by atoms with Gasteiger partial charge in [0, 0.05) is 31.4 Å². The van der Waals surface area contributed by atoms with Crippen molar-refractivity contribution < 1.29 is 14.3 Å². The first-order chi connectivity index (χ1) is 11.6. The number of nitrogens with one attached hydrogen (secondary N) is 1. The zero-order valence-electron chi connectivity index (χ0n) is 13.6. The quantitative estimate of drug-likeness (QED) is 0.882. The second-order valence-corrected chi connectivity index (χ2v) is 5.81.